The molecule has 1 fully saturated rings. The molecule has 0 bridgehead atoms. The number of rotatable bonds is 4. The quantitative estimate of drug-likeness (QED) is 0.609. The van der Waals surface area contributed by atoms with Gasteiger partial charge in [-0.2, -0.15) is 0 Å². The van der Waals surface area contributed by atoms with Crippen molar-refractivity contribution >= 4 is 32.7 Å². The van der Waals surface area contributed by atoms with Gasteiger partial charge in [0.15, 0.2) is 0 Å². The molecule has 0 radical (unpaired) electrons. The van der Waals surface area contributed by atoms with Crippen molar-refractivity contribution in [2.24, 2.45) is 0 Å². The third-order valence-corrected chi connectivity index (χ3v) is 6.62. The fraction of sp³-hybridized carbons (Fsp3) is 0.300. The lowest BCUT2D eigenvalue weighted by atomic mass is 10.0. The van der Waals surface area contributed by atoms with Crippen LogP contribution in [0.25, 0.3) is 11.0 Å². The van der Waals surface area contributed by atoms with Crippen LogP contribution in [0.1, 0.15) is 36.5 Å². The summed E-state index contributed by atoms with van der Waals surface area (Å²) in [6, 6.07) is 11.0. The second-order valence-corrected chi connectivity index (χ2v) is 9.00. The van der Waals surface area contributed by atoms with Crippen LogP contribution in [0.4, 0.5) is 5.69 Å². The molecule has 3 N–H and O–H groups in total. The van der Waals surface area contributed by atoms with Gasteiger partial charge >= 0.3 is 5.69 Å². The summed E-state index contributed by atoms with van der Waals surface area (Å²) in [5.41, 5.74) is 1.44. The molecule has 1 aliphatic rings. The number of likely N-dealkylation sites (tertiary alicyclic amines) is 1. The van der Waals surface area contributed by atoms with Crippen molar-refractivity contribution in [1.29, 1.82) is 0 Å². The van der Waals surface area contributed by atoms with Crippen molar-refractivity contribution < 1.29 is 13.2 Å². The lowest BCUT2D eigenvalue weighted by molar-refractivity contribution is 0.0635. The Bertz CT molecular complexity index is 1210. The fourth-order valence-electron chi connectivity index (χ4n) is 3.64. The summed E-state index contributed by atoms with van der Waals surface area (Å²) in [4.78, 5) is 31.1. The number of nitrogens with zero attached hydrogens (tertiary/aromatic N) is 1. The average Bonchev–Trinajstić information content (AvgIpc) is 3.07. The van der Waals surface area contributed by atoms with Crippen LogP contribution < -0.4 is 10.4 Å². The van der Waals surface area contributed by atoms with Crippen LogP contribution in [0, 0.1) is 0 Å². The van der Waals surface area contributed by atoms with Gasteiger partial charge in [0, 0.05) is 23.8 Å². The first kappa shape index (κ1) is 19.3. The van der Waals surface area contributed by atoms with Crippen molar-refractivity contribution in [3.8, 4) is 0 Å². The molecule has 0 saturated carbocycles. The number of nitrogens with one attached hydrogen (secondary N) is 3. The maximum absolute atomic E-state index is 12.7. The van der Waals surface area contributed by atoms with Gasteiger partial charge in [0.2, 0.25) is 0 Å². The highest BCUT2D eigenvalue weighted by Gasteiger charge is 2.24. The summed E-state index contributed by atoms with van der Waals surface area (Å²) in [5, 5.41) is 0. The first-order valence-electron chi connectivity index (χ1n) is 9.49. The lowest BCUT2D eigenvalue weighted by Crippen LogP contribution is -2.42. The average molecular weight is 414 g/mol. The summed E-state index contributed by atoms with van der Waals surface area (Å²) in [5.74, 6) is -0.0338. The second-order valence-electron chi connectivity index (χ2n) is 7.31. The molecule has 1 atom stereocenters. The number of anilines is 1. The Balaban J connectivity index is 1.52. The number of hydrogen-bond donors (Lipinski definition) is 3. The number of aromatic nitrogens is 2. The number of H-pyrrole nitrogens is 2. The first-order valence-corrected chi connectivity index (χ1v) is 11.0. The highest BCUT2D eigenvalue weighted by atomic mass is 32.2. The zero-order valence-corrected chi connectivity index (χ0v) is 16.8. The highest BCUT2D eigenvalue weighted by Crippen LogP contribution is 2.22. The van der Waals surface area contributed by atoms with Crippen molar-refractivity contribution in [1.82, 2.24) is 14.9 Å². The van der Waals surface area contributed by atoms with Gasteiger partial charge < -0.3 is 14.9 Å². The maximum Gasteiger partial charge on any atom is 0.323 e. The second kappa shape index (κ2) is 7.40. The van der Waals surface area contributed by atoms with Crippen molar-refractivity contribution in [2.45, 2.75) is 37.1 Å². The third-order valence-electron chi connectivity index (χ3n) is 5.25. The van der Waals surface area contributed by atoms with E-state index >= 15 is 0 Å². The standard InChI is InChI=1S/C20H22N4O4S/c1-13-4-2-3-11-24(13)19(25)14-5-7-15(8-6-14)23-29(27,28)16-9-10-17-18(12-16)22-20(26)21-17/h5-10,12-13,23H,2-4,11H2,1H3,(H2,21,22,26)/t13-/m0/s1. The van der Waals surface area contributed by atoms with Crippen LogP contribution in [0.5, 0.6) is 0 Å². The van der Waals surface area contributed by atoms with E-state index in [0.717, 1.165) is 25.8 Å². The molecule has 1 aromatic heterocycles. The van der Waals surface area contributed by atoms with Gasteiger partial charge in [-0.15, -0.1) is 0 Å². The molecule has 2 aromatic carbocycles. The zero-order valence-electron chi connectivity index (χ0n) is 15.9. The van der Waals surface area contributed by atoms with E-state index in [0.29, 0.717) is 22.3 Å². The normalized spacial score (nSPS) is 17.4. The van der Waals surface area contributed by atoms with E-state index < -0.39 is 15.7 Å². The Hall–Kier alpha value is -3.07. The molecular weight excluding hydrogens is 392 g/mol. The number of imidazole rings is 1. The summed E-state index contributed by atoms with van der Waals surface area (Å²) >= 11 is 0. The SMILES string of the molecule is C[C@H]1CCCCN1C(=O)c1ccc(NS(=O)(=O)c2ccc3[nH]c(=O)[nH]c3c2)cc1. The number of hydrogen-bond acceptors (Lipinski definition) is 4. The molecule has 4 rings (SSSR count). The number of sulfonamides is 1. The van der Waals surface area contributed by atoms with Crippen LogP contribution in [0.2, 0.25) is 0 Å². The summed E-state index contributed by atoms with van der Waals surface area (Å²) in [6.07, 6.45) is 3.14. The molecule has 152 valence electrons. The number of carbonyl (C=O) groups is 1. The largest absolute Gasteiger partial charge is 0.336 e. The molecule has 0 spiro atoms. The number of amides is 1. The van der Waals surface area contributed by atoms with Crippen molar-refractivity contribution in [2.75, 3.05) is 11.3 Å². The van der Waals surface area contributed by atoms with Gasteiger partial charge in [0.05, 0.1) is 15.9 Å². The number of piperidine rings is 1. The minimum absolute atomic E-state index is 0.0301. The van der Waals surface area contributed by atoms with Crippen LogP contribution in [0.3, 0.4) is 0 Å². The third kappa shape index (κ3) is 3.91. The van der Waals surface area contributed by atoms with Crippen molar-refractivity contribution in [3.05, 3.63) is 58.5 Å². The number of carbonyl (C=O) groups excluding carboxylic acids is 1. The Kier molecular flexibility index (Phi) is 4.91. The molecule has 0 aliphatic carbocycles. The topological polar surface area (TPSA) is 115 Å². The lowest BCUT2D eigenvalue weighted by Gasteiger charge is -2.33. The summed E-state index contributed by atoms with van der Waals surface area (Å²) < 4.78 is 27.9. The van der Waals surface area contributed by atoms with E-state index in [1.54, 1.807) is 24.3 Å². The van der Waals surface area contributed by atoms with Crippen LogP contribution in [0.15, 0.2) is 52.2 Å². The van der Waals surface area contributed by atoms with Gasteiger partial charge in [0.25, 0.3) is 15.9 Å². The summed E-state index contributed by atoms with van der Waals surface area (Å²) in [6.45, 7) is 2.80. The van der Waals surface area contributed by atoms with Gasteiger partial charge in [-0.25, -0.2) is 13.2 Å². The predicted molar refractivity (Wildman–Crippen MR) is 111 cm³/mol. The molecule has 0 unspecified atom stereocenters. The highest BCUT2D eigenvalue weighted by molar-refractivity contribution is 7.92. The number of aromatic amines is 2. The minimum atomic E-state index is -3.84. The molecule has 3 aromatic rings. The predicted octanol–water partition coefficient (Wildman–Crippen LogP) is 2.67. The Morgan fingerprint density at radius 2 is 1.79 bits per heavy atom. The molecule has 9 heteroatoms. The summed E-state index contributed by atoms with van der Waals surface area (Å²) in [7, 11) is -3.84. The van der Waals surface area contributed by atoms with Gasteiger partial charge in [-0.1, -0.05) is 0 Å². The monoisotopic (exact) mass is 414 g/mol. The van der Waals surface area contributed by atoms with E-state index in [1.807, 2.05) is 11.8 Å². The van der Waals surface area contributed by atoms with Crippen molar-refractivity contribution in [3.63, 3.8) is 0 Å². The molecule has 2 heterocycles. The molecule has 1 saturated heterocycles. The molecule has 1 amide bonds. The molecule has 1 aliphatic heterocycles. The molecule has 29 heavy (non-hydrogen) atoms. The van der Waals surface area contributed by atoms with E-state index in [4.69, 9.17) is 0 Å². The first-order chi connectivity index (χ1) is 13.8. The van der Waals surface area contributed by atoms with Gasteiger partial charge in [-0.3, -0.25) is 9.52 Å². The van der Waals surface area contributed by atoms with Gasteiger partial charge in [0.1, 0.15) is 0 Å². The van der Waals surface area contributed by atoms with Crippen LogP contribution >= 0.6 is 0 Å². The van der Waals surface area contributed by atoms with E-state index in [2.05, 4.69) is 14.7 Å². The Morgan fingerprint density at radius 3 is 2.52 bits per heavy atom. The minimum Gasteiger partial charge on any atom is -0.336 e. The molecular formula is C20H22N4O4S. The number of fused-ring (bicyclic) bond motifs is 1. The van der Waals surface area contributed by atoms with Crippen LogP contribution in [-0.4, -0.2) is 41.8 Å². The fourth-order valence-corrected chi connectivity index (χ4v) is 4.72. The Labute approximate surface area is 168 Å². The van der Waals surface area contributed by atoms with E-state index in [9.17, 15) is 18.0 Å². The van der Waals surface area contributed by atoms with E-state index in [-0.39, 0.29) is 16.8 Å². The Morgan fingerprint density at radius 1 is 1.07 bits per heavy atom. The zero-order chi connectivity index (χ0) is 20.6. The smallest absolute Gasteiger partial charge is 0.323 e. The number of benzene rings is 2. The maximum atomic E-state index is 12.7. The van der Waals surface area contributed by atoms with Gasteiger partial charge in [-0.05, 0) is 68.7 Å². The van der Waals surface area contributed by atoms with Crippen LogP contribution in [-0.2, 0) is 10.0 Å². The van der Waals surface area contributed by atoms with E-state index in [1.165, 1.54) is 18.2 Å². The molecule has 8 nitrogen and oxygen atoms in total.